The van der Waals surface area contributed by atoms with Gasteiger partial charge in [0.05, 0.1) is 13.7 Å². The van der Waals surface area contributed by atoms with Crippen LogP contribution in [-0.2, 0) is 11.2 Å². The molecule has 2 aromatic rings. The Balaban J connectivity index is 1.44. The second-order valence-corrected chi connectivity index (χ2v) is 9.74. The third-order valence-electron chi connectivity index (χ3n) is 6.12. The zero-order valence-corrected chi connectivity index (χ0v) is 19.4. The van der Waals surface area contributed by atoms with Crippen molar-refractivity contribution in [1.82, 2.24) is 14.9 Å². The lowest BCUT2D eigenvalue weighted by Crippen LogP contribution is -2.45. The number of carbonyl (C=O) groups excluding carboxylic acids is 1. The number of amides is 1. The van der Waals surface area contributed by atoms with Crippen LogP contribution in [0.5, 0.6) is 11.8 Å². The molecule has 3 heterocycles. The van der Waals surface area contributed by atoms with Gasteiger partial charge in [-0.25, -0.2) is 0 Å². The molecule has 1 aromatic carbocycles. The highest BCUT2D eigenvalue weighted by molar-refractivity contribution is 7.99. The van der Waals surface area contributed by atoms with E-state index in [4.69, 9.17) is 19.4 Å². The van der Waals surface area contributed by atoms with E-state index >= 15 is 0 Å². The summed E-state index contributed by atoms with van der Waals surface area (Å²) in [5.74, 6) is 2.52. The Kier molecular flexibility index (Phi) is 6.10. The molecule has 1 aliphatic carbocycles. The number of rotatable bonds is 7. The fourth-order valence-electron chi connectivity index (χ4n) is 3.91. The number of hydrogen-bond donors (Lipinski definition) is 1. The van der Waals surface area contributed by atoms with Crippen molar-refractivity contribution in [2.24, 2.45) is 5.92 Å². The maximum absolute atomic E-state index is 11.8. The smallest absolute Gasteiger partial charge is 0.259 e. The molecule has 0 bridgehead atoms. The number of nitrogens with zero attached hydrogens (tertiary/aromatic N) is 4. The summed E-state index contributed by atoms with van der Waals surface area (Å²) in [5.41, 5.74) is 2.03. The van der Waals surface area contributed by atoms with Crippen LogP contribution in [0.2, 0.25) is 0 Å². The van der Waals surface area contributed by atoms with E-state index in [9.17, 15) is 4.79 Å². The number of ether oxygens (including phenoxy) is 2. The van der Waals surface area contributed by atoms with Crippen LogP contribution < -0.4 is 19.7 Å². The summed E-state index contributed by atoms with van der Waals surface area (Å²) >= 11 is 1.48. The maximum atomic E-state index is 11.8. The second-order valence-electron chi connectivity index (χ2n) is 8.68. The number of piperazine rings is 1. The molecule has 1 saturated heterocycles. The summed E-state index contributed by atoms with van der Waals surface area (Å²) in [6.45, 7) is 4.39. The topological polar surface area (TPSA) is 79.8 Å². The zero-order chi connectivity index (χ0) is 22.1. The summed E-state index contributed by atoms with van der Waals surface area (Å²) in [7, 11) is 3.76. The predicted molar refractivity (Wildman–Crippen MR) is 124 cm³/mol. The van der Waals surface area contributed by atoms with Crippen LogP contribution in [0.25, 0.3) is 0 Å². The van der Waals surface area contributed by atoms with Gasteiger partial charge in [-0.05, 0) is 49.9 Å². The molecule has 8 nitrogen and oxygen atoms in total. The van der Waals surface area contributed by atoms with Crippen molar-refractivity contribution in [3.63, 3.8) is 0 Å². The van der Waals surface area contributed by atoms with Crippen molar-refractivity contribution < 1.29 is 14.3 Å². The highest BCUT2D eigenvalue weighted by atomic mass is 32.2. The summed E-state index contributed by atoms with van der Waals surface area (Å²) in [6, 6.07) is 6.12. The number of carbonyl (C=O) groups is 1. The maximum Gasteiger partial charge on any atom is 0.259 e. The van der Waals surface area contributed by atoms with Gasteiger partial charge in [0.2, 0.25) is 11.8 Å². The molecular weight excluding hydrogens is 426 g/mol. The number of aryl methyl sites for hydroxylation is 1. The molecular formula is C23H29N5O3S. The van der Waals surface area contributed by atoms with E-state index in [1.165, 1.54) is 24.6 Å². The first-order chi connectivity index (χ1) is 15.6. The Morgan fingerprint density at radius 2 is 1.94 bits per heavy atom. The fraction of sp³-hybridized carbons (Fsp3) is 0.522. The zero-order valence-electron chi connectivity index (χ0n) is 18.6. The van der Waals surface area contributed by atoms with Crippen molar-refractivity contribution in [2.45, 2.75) is 35.6 Å². The van der Waals surface area contributed by atoms with Gasteiger partial charge >= 0.3 is 0 Å². The SMILES string of the molecule is COc1nc(N2CCN(C)CC2)c(OCC2CC2)nc1Sc1ccc2c(c1)NC(=O)CC2. The van der Waals surface area contributed by atoms with Gasteiger partial charge in [0.25, 0.3) is 5.88 Å². The van der Waals surface area contributed by atoms with E-state index in [1.54, 1.807) is 7.11 Å². The number of hydrogen-bond acceptors (Lipinski definition) is 8. The van der Waals surface area contributed by atoms with Crippen molar-refractivity contribution in [1.29, 1.82) is 0 Å². The molecule has 0 spiro atoms. The highest BCUT2D eigenvalue weighted by Crippen LogP contribution is 2.40. The number of anilines is 2. The standard InChI is InChI=1S/C23H29N5O3S/c1-27-9-11-28(12-10-27)20-21(31-14-15-3-4-15)26-23(22(25-20)30-2)32-17-7-5-16-6-8-19(29)24-18(16)13-17/h5,7,13,15H,3-4,6,8-12,14H2,1-2H3,(H,24,29). The predicted octanol–water partition coefficient (Wildman–Crippen LogP) is 3.06. The van der Waals surface area contributed by atoms with E-state index in [0.717, 1.165) is 54.6 Å². The molecule has 32 heavy (non-hydrogen) atoms. The molecule has 9 heteroatoms. The van der Waals surface area contributed by atoms with Crippen LogP contribution in [0.3, 0.4) is 0 Å². The number of fused-ring (bicyclic) bond motifs is 1. The van der Waals surface area contributed by atoms with Gasteiger partial charge in [-0.15, -0.1) is 0 Å². The van der Waals surface area contributed by atoms with Crippen LogP contribution in [-0.4, -0.2) is 67.7 Å². The van der Waals surface area contributed by atoms with Crippen LogP contribution in [0, 0.1) is 5.92 Å². The lowest BCUT2D eigenvalue weighted by Gasteiger charge is -2.33. The number of methoxy groups -OCH3 is 1. The van der Waals surface area contributed by atoms with Crippen LogP contribution in [0.1, 0.15) is 24.8 Å². The average Bonchev–Trinajstić information content (AvgIpc) is 3.63. The minimum atomic E-state index is 0.0595. The fourth-order valence-corrected chi connectivity index (χ4v) is 4.79. The van der Waals surface area contributed by atoms with Gasteiger partial charge in [-0.3, -0.25) is 4.79 Å². The molecule has 1 aromatic heterocycles. The minimum Gasteiger partial charge on any atom is -0.479 e. The molecule has 0 unspecified atom stereocenters. The second kappa shape index (κ2) is 9.15. The summed E-state index contributed by atoms with van der Waals surface area (Å²) < 4.78 is 11.8. The largest absolute Gasteiger partial charge is 0.479 e. The first kappa shape index (κ1) is 21.3. The van der Waals surface area contributed by atoms with Gasteiger partial charge in [0, 0.05) is 43.2 Å². The molecule has 1 amide bonds. The number of benzene rings is 1. The summed E-state index contributed by atoms with van der Waals surface area (Å²) in [6.07, 6.45) is 3.74. The lowest BCUT2D eigenvalue weighted by molar-refractivity contribution is -0.116. The normalized spacial score (nSPS) is 18.8. The first-order valence-corrected chi connectivity index (χ1v) is 12.0. The first-order valence-electron chi connectivity index (χ1n) is 11.2. The average molecular weight is 456 g/mol. The Hall–Kier alpha value is -2.52. The summed E-state index contributed by atoms with van der Waals surface area (Å²) in [4.78, 5) is 27.0. The Labute approximate surface area is 192 Å². The highest BCUT2D eigenvalue weighted by Gasteiger charge is 2.27. The lowest BCUT2D eigenvalue weighted by atomic mass is 10.0. The van der Waals surface area contributed by atoms with Crippen LogP contribution in [0.15, 0.2) is 28.1 Å². The molecule has 2 aliphatic heterocycles. The number of aromatic nitrogens is 2. The van der Waals surface area contributed by atoms with Gasteiger partial charge in [0.1, 0.15) is 0 Å². The third-order valence-corrected chi connectivity index (χ3v) is 7.07. The summed E-state index contributed by atoms with van der Waals surface area (Å²) in [5, 5.41) is 3.63. The van der Waals surface area contributed by atoms with E-state index < -0.39 is 0 Å². The Morgan fingerprint density at radius 1 is 1.12 bits per heavy atom. The number of likely N-dealkylation sites (N-methyl/N-ethyl adjacent to an activating group) is 1. The molecule has 170 valence electrons. The minimum absolute atomic E-state index is 0.0595. The molecule has 2 fully saturated rings. The van der Waals surface area contributed by atoms with Crippen molar-refractivity contribution in [3.05, 3.63) is 23.8 Å². The van der Waals surface area contributed by atoms with Crippen molar-refractivity contribution in [3.8, 4) is 11.8 Å². The van der Waals surface area contributed by atoms with E-state index in [0.29, 0.717) is 35.7 Å². The monoisotopic (exact) mass is 455 g/mol. The molecule has 1 N–H and O–H groups in total. The Morgan fingerprint density at radius 3 is 2.69 bits per heavy atom. The van der Waals surface area contributed by atoms with Gasteiger partial charge in [-0.1, -0.05) is 17.8 Å². The van der Waals surface area contributed by atoms with E-state index in [-0.39, 0.29) is 5.91 Å². The van der Waals surface area contributed by atoms with Crippen molar-refractivity contribution in [2.75, 3.05) is 57.2 Å². The molecule has 0 radical (unpaired) electrons. The third kappa shape index (κ3) is 4.78. The quantitative estimate of drug-likeness (QED) is 0.682. The van der Waals surface area contributed by atoms with Gasteiger partial charge in [0.15, 0.2) is 10.8 Å². The van der Waals surface area contributed by atoms with Gasteiger partial charge < -0.3 is 24.6 Å². The van der Waals surface area contributed by atoms with E-state index in [2.05, 4.69) is 34.3 Å². The molecule has 3 aliphatic rings. The van der Waals surface area contributed by atoms with Crippen LogP contribution >= 0.6 is 11.8 Å². The van der Waals surface area contributed by atoms with E-state index in [1.807, 2.05) is 6.07 Å². The number of nitrogens with one attached hydrogen (secondary N) is 1. The van der Waals surface area contributed by atoms with Crippen molar-refractivity contribution >= 4 is 29.2 Å². The Bertz CT molecular complexity index is 1010. The molecule has 5 rings (SSSR count). The molecule has 1 saturated carbocycles. The van der Waals surface area contributed by atoms with Gasteiger partial charge in [-0.2, -0.15) is 9.97 Å². The van der Waals surface area contributed by atoms with Crippen LogP contribution in [0.4, 0.5) is 11.5 Å². The molecule has 0 atom stereocenters.